The number of nitrogens with one attached hydrogen (secondary N) is 2. The Bertz CT molecular complexity index is 966. The van der Waals surface area contributed by atoms with Gasteiger partial charge in [0.25, 0.3) is 11.8 Å². The van der Waals surface area contributed by atoms with Gasteiger partial charge in [0, 0.05) is 30.3 Å². The van der Waals surface area contributed by atoms with E-state index in [0.717, 1.165) is 5.56 Å². The van der Waals surface area contributed by atoms with Crippen LogP contribution in [0.25, 0.3) is 0 Å². The molecule has 0 aromatic heterocycles. The highest BCUT2D eigenvalue weighted by Gasteiger charge is 2.35. The molecule has 1 heterocycles. The summed E-state index contributed by atoms with van der Waals surface area (Å²) in [5.74, 6) is -0.157. The van der Waals surface area contributed by atoms with Crippen LogP contribution in [0.2, 0.25) is 0 Å². The first-order chi connectivity index (χ1) is 15.8. The fourth-order valence-corrected chi connectivity index (χ4v) is 4.12. The number of benzene rings is 2. The lowest BCUT2D eigenvalue weighted by Crippen LogP contribution is -2.55. The SMILES string of the molecule is Cc1ccccc1C(=O)NC(C(=O)NC(C)C(C)C)C1CCN(C(=O)c2ccccc2)CC1. The molecule has 2 aromatic carbocycles. The largest absolute Gasteiger partial charge is 0.352 e. The molecule has 2 atom stereocenters. The second kappa shape index (κ2) is 11.1. The highest BCUT2D eigenvalue weighted by atomic mass is 16.2. The molecule has 0 bridgehead atoms. The van der Waals surface area contributed by atoms with Crippen molar-refractivity contribution in [3.05, 3.63) is 71.3 Å². The lowest BCUT2D eigenvalue weighted by molar-refractivity contribution is -0.125. The van der Waals surface area contributed by atoms with Crippen LogP contribution in [-0.4, -0.2) is 47.8 Å². The number of rotatable bonds is 7. The molecule has 0 aliphatic carbocycles. The van der Waals surface area contributed by atoms with Crippen molar-refractivity contribution in [2.75, 3.05) is 13.1 Å². The van der Waals surface area contributed by atoms with Crippen molar-refractivity contribution in [2.45, 2.75) is 52.6 Å². The maximum absolute atomic E-state index is 13.2. The zero-order valence-electron chi connectivity index (χ0n) is 20.0. The first-order valence-corrected chi connectivity index (χ1v) is 11.8. The van der Waals surface area contributed by atoms with Gasteiger partial charge < -0.3 is 15.5 Å². The van der Waals surface area contributed by atoms with Gasteiger partial charge in [-0.1, -0.05) is 50.2 Å². The van der Waals surface area contributed by atoms with E-state index in [9.17, 15) is 14.4 Å². The minimum Gasteiger partial charge on any atom is -0.352 e. The number of nitrogens with zero attached hydrogens (tertiary/aromatic N) is 1. The van der Waals surface area contributed by atoms with Gasteiger partial charge in [-0.15, -0.1) is 0 Å². The molecule has 1 fully saturated rings. The minimum absolute atomic E-state index is 0.00453. The zero-order chi connectivity index (χ0) is 24.0. The number of piperidine rings is 1. The highest BCUT2D eigenvalue weighted by Crippen LogP contribution is 2.23. The molecule has 0 radical (unpaired) electrons. The topological polar surface area (TPSA) is 78.5 Å². The lowest BCUT2D eigenvalue weighted by Gasteiger charge is -2.36. The maximum atomic E-state index is 13.2. The second-order valence-corrected chi connectivity index (χ2v) is 9.30. The van der Waals surface area contributed by atoms with Gasteiger partial charge in [0.2, 0.25) is 5.91 Å². The Morgan fingerprint density at radius 2 is 1.48 bits per heavy atom. The molecule has 3 amide bonds. The Morgan fingerprint density at radius 1 is 0.879 bits per heavy atom. The Hall–Kier alpha value is -3.15. The maximum Gasteiger partial charge on any atom is 0.253 e. The number of hydrogen-bond acceptors (Lipinski definition) is 3. The predicted molar refractivity (Wildman–Crippen MR) is 130 cm³/mol. The van der Waals surface area contributed by atoms with Gasteiger partial charge in [-0.25, -0.2) is 0 Å². The Balaban J connectivity index is 1.72. The summed E-state index contributed by atoms with van der Waals surface area (Å²) in [6.07, 6.45) is 1.31. The van der Waals surface area contributed by atoms with Crippen molar-refractivity contribution in [3.63, 3.8) is 0 Å². The van der Waals surface area contributed by atoms with Crippen LogP contribution < -0.4 is 10.6 Å². The van der Waals surface area contributed by atoms with Crippen LogP contribution in [-0.2, 0) is 4.79 Å². The summed E-state index contributed by atoms with van der Waals surface area (Å²) < 4.78 is 0. The van der Waals surface area contributed by atoms with Crippen molar-refractivity contribution in [2.24, 2.45) is 11.8 Å². The molecule has 3 rings (SSSR count). The highest BCUT2D eigenvalue weighted by molar-refractivity contribution is 5.99. The van der Waals surface area contributed by atoms with Gasteiger partial charge >= 0.3 is 0 Å². The second-order valence-electron chi connectivity index (χ2n) is 9.30. The first kappa shape index (κ1) is 24.5. The molecule has 176 valence electrons. The smallest absolute Gasteiger partial charge is 0.253 e. The molecule has 1 aliphatic heterocycles. The van der Waals surface area contributed by atoms with Gasteiger partial charge in [-0.2, -0.15) is 0 Å². The Morgan fingerprint density at radius 3 is 2.09 bits per heavy atom. The van der Waals surface area contributed by atoms with Crippen LogP contribution >= 0.6 is 0 Å². The van der Waals surface area contributed by atoms with Crippen LogP contribution in [0.1, 0.15) is 59.9 Å². The summed E-state index contributed by atoms with van der Waals surface area (Å²) >= 11 is 0. The number of amides is 3. The Labute approximate surface area is 196 Å². The number of likely N-dealkylation sites (tertiary alicyclic amines) is 1. The molecule has 6 heteroatoms. The van der Waals surface area contributed by atoms with E-state index in [1.807, 2.05) is 67.3 Å². The van der Waals surface area contributed by atoms with E-state index >= 15 is 0 Å². The molecule has 2 N–H and O–H groups in total. The third-order valence-corrected chi connectivity index (χ3v) is 6.65. The standard InChI is InChI=1S/C27H35N3O3/c1-18(2)20(4)28-26(32)24(29-25(31)23-13-9-8-10-19(23)3)21-14-16-30(17-15-21)27(33)22-11-6-5-7-12-22/h5-13,18,20-21,24H,14-17H2,1-4H3,(H,28,32)(H,29,31). The average molecular weight is 450 g/mol. The normalized spacial score (nSPS) is 16.2. The molecule has 0 saturated carbocycles. The summed E-state index contributed by atoms with van der Waals surface area (Å²) in [6.45, 7) is 9.09. The van der Waals surface area contributed by atoms with Gasteiger partial charge in [0.05, 0.1) is 0 Å². The molecular weight excluding hydrogens is 414 g/mol. The van der Waals surface area contributed by atoms with Crippen LogP contribution in [0.5, 0.6) is 0 Å². The molecule has 2 unspecified atom stereocenters. The zero-order valence-corrected chi connectivity index (χ0v) is 20.0. The summed E-state index contributed by atoms with van der Waals surface area (Å²) in [5, 5.41) is 6.08. The number of carbonyl (C=O) groups excluding carboxylic acids is 3. The molecule has 2 aromatic rings. The fraction of sp³-hybridized carbons (Fsp3) is 0.444. The van der Waals surface area contributed by atoms with E-state index in [-0.39, 0.29) is 35.6 Å². The van der Waals surface area contributed by atoms with Gasteiger partial charge in [-0.05, 0) is 62.3 Å². The fourth-order valence-electron chi connectivity index (χ4n) is 4.12. The van der Waals surface area contributed by atoms with Gasteiger partial charge in [0.15, 0.2) is 0 Å². The predicted octanol–water partition coefficient (Wildman–Crippen LogP) is 3.81. The van der Waals surface area contributed by atoms with E-state index in [4.69, 9.17) is 0 Å². The summed E-state index contributed by atoms with van der Waals surface area (Å²) in [6, 6.07) is 16.0. The Kier molecular flexibility index (Phi) is 8.26. The van der Waals surface area contributed by atoms with E-state index in [1.54, 1.807) is 6.07 Å². The van der Waals surface area contributed by atoms with E-state index < -0.39 is 6.04 Å². The third-order valence-electron chi connectivity index (χ3n) is 6.65. The quantitative estimate of drug-likeness (QED) is 0.675. The third kappa shape index (κ3) is 6.21. The van der Waals surface area contributed by atoms with Crippen molar-refractivity contribution < 1.29 is 14.4 Å². The van der Waals surface area contributed by atoms with Crippen molar-refractivity contribution in [1.29, 1.82) is 0 Å². The summed E-state index contributed by atoms with van der Waals surface area (Å²) in [7, 11) is 0. The van der Waals surface area contributed by atoms with Crippen molar-refractivity contribution in [3.8, 4) is 0 Å². The van der Waals surface area contributed by atoms with Crippen LogP contribution in [0.15, 0.2) is 54.6 Å². The minimum atomic E-state index is -0.646. The molecule has 0 spiro atoms. The van der Waals surface area contributed by atoms with Crippen molar-refractivity contribution >= 4 is 17.7 Å². The first-order valence-electron chi connectivity index (χ1n) is 11.8. The van der Waals surface area contributed by atoms with E-state index in [2.05, 4.69) is 24.5 Å². The van der Waals surface area contributed by atoms with Crippen molar-refractivity contribution in [1.82, 2.24) is 15.5 Å². The molecule has 33 heavy (non-hydrogen) atoms. The summed E-state index contributed by atoms with van der Waals surface area (Å²) in [5.41, 5.74) is 2.11. The van der Waals surface area contributed by atoms with E-state index in [1.165, 1.54) is 0 Å². The molecule has 1 aliphatic rings. The number of carbonyl (C=O) groups is 3. The monoisotopic (exact) mass is 449 g/mol. The molecule has 1 saturated heterocycles. The van der Waals surface area contributed by atoms with Crippen LogP contribution in [0.4, 0.5) is 0 Å². The van der Waals surface area contributed by atoms with Crippen LogP contribution in [0, 0.1) is 18.8 Å². The lowest BCUT2D eigenvalue weighted by atomic mass is 9.87. The summed E-state index contributed by atoms with van der Waals surface area (Å²) in [4.78, 5) is 40.9. The van der Waals surface area contributed by atoms with E-state index in [0.29, 0.717) is 37.1 Å². The van der Waals surface area contributed by atoms with Gasteiger partial charge in [0.1, 0.15) is 6.04 Å². The molecule has 6 nitrogen and oxygen atoms in total. The molecular formula is C27H35N3O3. The van der Waals surface area contributed by atoms with Crippen LogP contribution in [0.3, 0.4) is 0 Å². The average Bonchev–Trinajstić information content (AvgIpc) is 2.82. The number of hydrogen-bond donors (Lipinski definition) is 2. The number of aryl methyl sites for hydroxylation is 1. The van der Waals surface area contributed by atoms with Gasteiger partial charge in [-0.3, -0.25) is 14.4 Å².